The molecular formula is C37H32N4O11. The largest absolute Gasteiger partial charge is 0.497 e. The van der Waals surface area contributed by atoms with Gasteiger partial charge < -0.3 is 14.2 Å². The van der Waals surface area contributed by atoms with E-state index in [0.29, 0.717) is 27.9 Å². The number of imide groups is 4. The lowest BCUT2D eigenvalue weighted by Gasteiger charge is -2.36. The van der Waals surface area contributed by atoms with E-state index in [1.807, 2.05) is 6.92 Å². The fraction of sp³-hybridized carbons (Fsp3) is 0.351. The standard InChI is InChI=1S/C37H32N4O11/c1-5-16(15-50-2)38-30(42)20-6-8-22-29-23(9-7-21(28(20)29)31(38)43)35(47)40(34(22)46)41-36(48)26-13-24-25(14-27(26)37(41)49)33(45)39(32(24)44)17-10-18(51-3)12-19(11-17)52-4/h6-12,16,24-27H,5,13-15H2,1-4H3. The smallest absolute Gasteiger partial charge is 0.281 e. The molecule has 8 amide bonds. The Labute approximate surface area is 295 Å². The average Bonchev–Trinajstić information content (AvgIpc) is 3.54. The van der Waals surface area contributed by atoms with E-state index in [-0.39, 0.29) is 58.2 Å². The Morgan fingerprint density at radius 1 is 0.596 bits per heavy atom. The summed E-state index contributed by atoms with van der Waals surface area (Å²) in [7, 11) is 4.33. The number of rotatable bonds is 8. The summed E-state index contributed by atoms with van der Waals surface area (Å²) < 4.78 is 15.8. The van der Waals surface area contributed by atoms with Gasteiger partial charge >= 0.3 is 0 Å². The molecule has 52 heavy (non-hydrogen) atoms. The molecule has 5 aliphatic rings. The third-order valence-electron chi connectivity index (χ3n) is 11.0. The minimum absolute atomic E-state index is 0.0739. The number of fused-ring (bicyclic) bond motifs is 2. The second kappa shape index (κ2) is 11.8. The van der Waals surface area contributed by atoms with Crippen molar-refractivity contribution >= 4 is 63.7 Å². The molecule has 1 saturated carbocycles. The van der Waals surface area contributed by atoms with Crippen molar-refractivity contribution in [1.82, 2.24) is 14.9 Å². The summed E-state index contributed by atoms with van der Waals surface area (Å²) in [5.74, 6) is -9.19. The summed E-state index contributed by atoms with van der Waals surface area (Å²) in [5.41, 5.74) is 0.330. The molecule has 15 nitrogen and oxygen atoms in total. The van der Waals surface area contributed by atoms with Crippen LogP contribution in [0.25, 0.3) is 10.8 Å². The third kappa shape index (κ3) is 4.34. The molecule has 3 aromatic rings. The number of hydrogen-bond acceptors (Lipinski definition) is 11. The molecule has 0 radical (unpaired) electrons. The van der Waals surface area contributed by atoms with Crippen LogP contribution in [0.3, 0.4) is 0 Å². The lowest BCUT2D eigenvalue weighted by Crippen LogP contribution is -2.55. The first-order valence-corrected chi connectivity index (χ1v) is 16.8. The van der Waals surface area contributed by atoms with Crippen LogP contribution in [-0.2, 0) is 23.9 Å². The maximum Gasteiger partial charge on any atom is 0.281 e. The van der Waals surface area contributed by atoms with Crippen molar-refractivity contribution in [2.24, 2.45) is 23.7 Å². The van der Waals surface area contributed by atoms with Gasteiger partial charge in [-0.25, -0.2) is 4.90 Å². The first-order chi connectivity index (χ1) is 25.0. The van der Waals surface area contributed by atoms with Gasteiger partial charge in [-0.2, -0.15) is 10.0 Å². The molecule has 0 N–H and O–H groups in total. The lowest BCUT2D eigenvalue weighted by atomic mass is 9.70. The van der Waals surface area contributed by atoms with E-state index >= 15 is 0 Å². The summed E-state index contributed by atoms with van der Waals surface area (Å²) in [4.78, 5) is 113. The van der Waals surface area contributed by atoms with Crippen molar-refractivity contribution in [3.05, 3.63) is 64.7 Å². The Kier molecular flexibility index (Phi) is 7.53. The topological polar surface area (TPSA) is 177 Å². The van der Waals surface area contributed by atoms with E-state index < -0.39 is 77.0 Å². The third-order valence-corrected chi connectivity index (χ3v) is 11.0. The van der Waals surface area contributed by atoms with Gasteiger partial charge in [-0.05, 0) is 43.5 Å². The Hall–Kier alpha value is -5.96. The maximum absolute atomic E-state index is 14.1. The van der Waals surface area contributed by atoms with Crippen molar-refractivity contribution in [3.63, 3.8) is 0 Å². The molecule has 0 aromatic heterocycles. The molecular weight excluding hydrogens is 676 g/mol. The van der Waals surface area contributed by atoms with Gasteiger partial charge in [-0.1, -0.05) is 6.92 Å². The summed E-state index contributed by atoms with van der Waals surface area (Å²) in [6.07, 6.45) is 0.151. The Balaban J connectivity index is 1.11. The van der Waals surface area contributed by atoms with Gasteiger partial charge in [0.2, 0.25) is 11.8 Å². The Morgan fingerprint density at radius 3 is 1.42 bits per heavy atom. The number of hydrogen-bond donors (Lipinski definition) is 0. The second-order valence-corrected chi connectivity index (χ2v) is 13.5. The van der Waals surface area contributed by atoms with Crippen molar-refractivity contribution < 1.29 is 52.6 Å². The van der Waals surface area contributed by atoms with Crippen LogP contribution in [-0.4, -0.2) is 96.2 Å². The predicted octanol–water partition coefficient (Wildman–Crippen LogP) is 2.59. The van der Waals surface area contributed by atoms with Crippen LogP contribution in [0.5, 0.6) is 11.5 Å². The highest BCUT2D eigenvalue weighted by atomic mass is 16.5. The van der Waals surface area contributed by atoms with E-state index in [1.54, 1.807) is 6.07 Å². The summed E-state index contributed by atoms with van der Waals surface area (Å²) in [5, 5.41) is 1.27. The Bertz CT molecular complexity index is 2080. The molecule has 15 heteroatoms. The minimum Gasteiger partial charge on any atom is -0.497 e. The van der Waals surface area contributed by atoms with Gasteiger partial charge in [0.15, 0.2) is 0 Å². The van der Waals surface area contributed by atoms with Crippen LogP contribution in [0.1, 0.15) is 67.6 Å². The predicted molar refractivity (Wildman–Crippen MR) is 178 cm³/mol. The SMILES string of the molecule is CCC(COC)N1C(=O)c2ccc3c4c(ccc(c24)C1=O)C(=O)N(N1C(=O)C2CC4C(=O)N(c5cc(OC)cc(OC)c5)C(=O)C4CC2C1=O)C3=O. The number of amides is 8. The molecule has 0 bridgehead atoms. The highest BCUT2D eigenvalue weighted by molar-refractivity contribution is 6.34. The first kappa shape index (κ1) is 33.2. The fourth-order valence-electron chi connectivity index (χ4n) is 8.49. The molecule has 2 saturated heterocycles. The van der Waals surface area contributed by atoms with Gasteiger partial charge in [-0.15, -0.1) is 0 Å². The summed E-state index contributed by atoms with van der Waals surface area (Å²) in [6.45, 7) is 1.94. The van der Waals surface area contributed by atoms with Crippen molar-refractivity contribution in [2.75, 3.05) is 32.8 Å². The molecule has 1 aliphatic carbocycles. The van der Waals surface area contributed by atoms with Gasteiger partial charge in [0.05, 0.1) is 67.4 Å². The zero-order valence-corrected chi connectivity index (χ0v) is 28.5. The number of benzene rings is 3. The lowest BCUT2D eigenvalue weighted by molar-refractivity contribution is -0.151. The van der Waals surface area contributed by atoms with Crippen molar-refractivity contribution in [3.8, 4) is 11.5 Å². The van der Waals surface area contributed by atoms with E-state index in [2.05, 4.69) is 0 Å². The molecule has 8 rings (SSSR count). The number of carbonyl (C=O) groups excluding carboxylic acids is 8. The number of carbonyl (C=O) groups is 8. The van der Waals surface area contributed by atoms with Crippen molar-refractivity contribution in [2.45, 2.75) is 32.2 Å². The number of methoxy groups -OCH3 is 3. The van der Waals surface area contributed by atoms with E-state index in [1.165, 1.54) is 57.7 Å². The van der Waals surface area contributed by atoms with Crippen LogP contribution >= 0.6 is 0 Å². The van der Waals surface area contributed by atoms with Gasteiger partial charge in [-0.3, -0.25) is 43.3 Å². The van der Waals surface area contributed by atoms with Crippen LogP contribution in [0.15, 0.2) is 42.5 Å². The number of hydrazine groups is 1. The fourth-order valence-corrected chi connectivity index (χ4v) is 8.49. The van der Waals surface area contributed by atoms with Crippen LogP contribution in [0.4, 0.5) is 5.69 Å². The van der Waals surface area contributed by atoms with Crippen LogP contribution < -0.4 is 14.4 Å². The molecule has 5 atom stereocenters. The molecule has 4 heterocycles. The van der Waals surface area contributed by atoms with Crippen LogP contribution in [0, 0.1) is 23.7 Å². The zero-order chi connectivity index (χ0) is 36.9. The monoisotopic (exact) mass is 708 g/mol. The molecule has 3 aromatic carbocycles. The molecule has 5 unspecified atom stereocenters. The van der Waals surface area contributed by atoms with E-state index in [0.717, 1.165) is 9.80 Å². The number of anilines is 1. The first-order valence-electron chi connectivity index (χ1n) is 16.8. The zero-order valence-electron chi connectivity index (χ0n) is 28.5. The van der Waals surface area contributed by atoms with E-state index in [4.69, 9.17) is 14.2 Å². The minimum atomic E-state index is -1.07. The second-order valence-electron chi connectivity index (χ2n) is 13.5. The van der Waals surface area contributed by atoms with Crippen molar-refractivity contribution in [1.29, 1.82) is 0 Å². The summed E-state index contributed by atoms with van der Waals surface area (Å²) >= 11 is 0. The normalized spacial score (nSPS) is 24.3. The highest BCUT2D eigenvalue weighted by Crippen LogP contribution is 2.50. The number of nitrogens with zero attached hydrogens (tertiary/aromatic N) is 4. The quantitative estimate of drug-likeness (QED) is 0.314. The average molecular weight is 709 g/mol. The van der Waals surface area contributed by atoms with Gasteiger partial charge in [0.25, 0.3) is 35.4 Å². The van der Waals surface area contributed by atoms with E-state index in [9.17, 15) is 38.4 Å². The maximum atomic E-state index is 14.1. The molecule has 266 valence electrons. The highest BCUT2D eigenvalue weighted by Gasteiger charge is 2.62. The van der Waals surface area contributed by atoms with Crippen LogP contribution in [0.2, 0.25) is 0 Å². The summed E-state index contributed by atoms with van der Waals surface area (Å²) in [6, 6.07) is 9.55. The van der Waals surface area contributed by atoms with Gasteiger partial charge in [0.1, 0.15) is 11.5 Å². The Morgan fingerprint density at radius 2 is 1.02 bits per heavy atom. The molecule has 4 aliphatic heterocycles. The number of ether oxygens (including phenoxy) is 3. The molecule has 3 fully saturated rings. The van der Waals surface area contributed by atoms with Gasteiger partial charge in [0, 0.05) is 47.2 Å². The molecule has 0 spiro atoms.